The number of nitrogens with one attached hydrogen (secondary N) is 1. The number of nitrogens with zero attached hydrogens (tertiary/aromatic N) is 2. The van der Waals surface area contributed by atoms with Crippen molar-refractivity contribution in [2.24, 2.45) is 0 Å². The second-order valence-corrected chi connectivity index (χ2v) is 8.13. The van der Waals surface area contributed by atoms with Gasteiger partial charge in [0.05, 0.1) is 26.2 Å². The topological polar surface area (TPSA) is 147 Å². The van der Waals surface area contributed by atoms with Crippen molar-refractivity contribution < 1.29 is 34.5 Å². The van der Waals surface area contributed by atoms with Gasteiger partial charge in [-0.15, -0.1) is 0 Å². The molecule has 0 radical (unpaired) electrons. The lowest BCUT2D eigenvalue weighted by atomic mass is 10.1. The van der Waals surface area contributed by atoms with Crippen LogP contribution in [0.15, 0.2) is 0 Å². The van der Waals surface area contributed by atoms with Crippen LogP contribution in [-0.4, -0.2) is 94.7 Å². The minimum Gasteiger partial charge on any atom is -0.480 e. The molecule has 0 aromatic heterocycles. The number of amides is 1. The van der Waals surface area contributed by atoms with E-state index < -0.39 is 31.0 Å². The number of aliphatic carboxylic acids is 3. The van der Waals surface area contributed by atoms with Gasteiger partial charge in [0.15, 0.2) is 0 Å². The van der Waals surface area contributed by atoms with Crippen molar-refractivity contribution in [1.82, 2.24) is 15.1 Å². The fourth-order valence-electron chi connectivity index (χ4n) is 3.38. The van der Waals surface area contributed by atoms with Crippen LogP contribution in [0.1, 0.15) is 71.1 Å². The van der Waals surface area contributed by atoms with Crippen molar-refractivity contribution in [3.8, 4) is 0 Å². The lowest BCUT2D eigenvalue weighted by Crippen LogP contribution is -2.45. The molecule has 186 valence electrons. The Morgan fingerprint density at radius 3 is 1.38 bits per heavy atom. The number of hydrogen-bond donors (Lipinski definition) is 4. The molecule has 0 aliphatic rings. The van der Waals surface area contributed by atoms with E-state index in [1.165, 1.54) is 54.7 Å². The zero-order chi connectivity index (χ0) is 24.2. The quantitative estimate of drug-likeness (QED) is 0.178. The van der Waals surface area contributed by atoms with Gasteiger partial charge < -0.3 is 20.6 Å². The van der Waals surface area contributed by atoms with E-state index in [0.29, 0.717) is 6.54 Å². The van der Waals surface area contributed by atoms with Gasteiger partial charge >= 0.3 is 17.9 Å². The Labute approximate surface area is 191 Å². The van der Waals surface area contributed by atoms with Crippen molar-refractivity contribution in [1.29, 1.82) is 0 Å². The van der Waals surface area contributed by atoms with Crippen molar-refractivity contribution in [2.75, 3.05) is 45.8 Å². The molecule has 0 aliphatic heterocycles. The number of carbonyl (C=O) groups is 4. The second-order valence-electron chi connectivity index (χ2n) is 8.13. The van der Waals surface area contributed by atoms with E-state index in [4.69, 9.17) is 15.3 Å². The summed E-state index contributed by atoms with van der Waals surface area (Å²) >= 11 is 0. The Balaban J connectivity index is 4.13. The van der Waals surface area contributed by atoms with Crippen molar-refractivity contribution in [3.63, 3.8) is 0 Å². The molecule has 0 unspecified atom stereocenters. The van der Waals surface area contributed by atoms with Crippen LogP contribution in [0.25, 0.3) is 0 Å². The number of carboxylic acid groups (broad SMARTS) is 3. The van der Waals surface area contributed by atoms with Gasteiger partial charge in [0.1, 0.15) is 0 Å². The summed E-state index contributed by atoms with van der Waals surface area (Å²) in [5.41, 5.74) is 0. The molecule has 0 saturated carbocycles. The molecule has 4 N–H and O–H groups in total. The molecule has 10 heteroatoms. The Hall–Kier alpha value is -2.20. The Morgan fingerprint density at radius 2 is 0.969 bits per heavy atom. The molecule has 0 atom stereocenters. The average Bonchev–Trinajstić information content (AvgIpc) is 2.68. The molecular weight excluding hydrogens is 418 g/mol. The highest BCUT2D eigenvalue weighted by Crippen LogP contribution is 2.10. The van der Waals surface area contributed by atoms with Crippen LogP contribution in [-0.2, 0) is 19.2 Å². The average molecular weight is 460 g/mol. The van der Waals surface area contributed by atoms with Gasteiger partial charge in [0, 0.05) is 19.6 Å². The zero-order valence-electron chi connectivity index (χ0n) is 19.4. The predicted molar refractivity (Wildman–Crippen MR) is 121 cm³/mol. The number of carbonyl (C=O) groups excluding carboxylic acids is 1. The minimum atomic E-state index is -1.18. The summed E-state index contributed by atoms with van der Waals surface area (Å²) < 4.78 is 0. The molecule has 0 rings (SSSR count). The standard InChI is InChI=1S/C22H41N3O7/c1-2-3-4-5-6-7-8-9-10-11-12-23-19(26)15-24(16-20(27)28)13-14-25(17-21(29)30)18-22(31)32/h2-18H2,1H3,(H,23,26)(H,27,28)(H,29,30)(H,31,32). The molecule has 32 heavy (non-hydrogen) atoms. The first-order valence-electron chi connectivity index (χ1n) is 11.6. The van der Waals surface area contributed by atoms with Gasteiger partial charge in [-0.3, -0.25) is 29.0 Å². The first kappa shape index (κ1) is 29.8. The van der Waals surface area contributed by atoms with E-state index in [-0.39, 0.29) is 32.1 Å². The summed E-state index contributed by atoms with van der Waals surface area (Å²) in [4.78, 5) is 47.5. The van der Waals surface area contributed by atoms with Crippen LogP contribution in [0.3, 0.4) is 0 Å². The molecule has 0 spiro atoms. The monoisotopic (exact) mass is 459 g/mol. The molecule has 0 heterocycles. The van der Waals surface area contributed by atoms with Gasteiger partial charge in [-0.2, -0.15) is 0 Å². The highest BCUT2D eigenvalue weighted by molar-refractivity contribution is 5.79. The number of unbranched alkanes of at least 4 members (excludes halogenated alkanes) is 9. The Morgan fingerprint density at radius 1 is 0.594 bits per heavy atom. The van der Waals surface area contributed by atoms with Crippen molar-refractivity contribution >= 4 is 23.8 Å². The maximum absolute atomic E-state index is 12.1. The Kier molecular flexibility index (Phi) is 18.1. The smallest absolute Gasteiger partial charge is 0.317 e. The molecule has 0 aliphatic carbocycles. The van der Waals surface area contributed by atoms with Crippen molar-refractivity contribution in [3.05, 3.63) is 0 Å². The maximum atomic E-state index is 12.1. The largest absolute Gasteiger partial charge is 0.480 e. The van der Waals surface area contributed by atoms with E-state index >= 15 is 0 Å². The van der Waals surface area contributed by atoms with E-state index in [2.05, 4.69) is 12.2 Å². The second kappa shape index (κ2) is 19.5. The van der Waals surface area contributed by atoms with E-state index in [9.17, 15) is 19.2 Å². The maximum Gasteiger partial charge on any atom is 0.317 e. The lowest BCUT2D eigenvalue weighted by molar-refractivity contribution is -0.143. The van der Waals surface area contributed by atoms with Crippen LogP contribution in [0.2, 0.25) is 0 Å². The molecule has 0 saturated heterocycles. The van der Waals surface area contributed by atoms with Crippen molar-refractivity contribution in [2.45, 2.75) is 71.1 Å². The molecular formula is C22H41N3O7. The van der Waals surface area contributed by atoms with E-state index in [1.807, 2.05) is 0 Å². The Bertz CT molecular complexity index is 542. The number of carboxylic acids is 3. The number of rotatable bonds is 22. The highest BCUT2D eigenvalue weighted by Gasteiger charge is 2.18. The molecule has 1 amide bonds. The third-order valence-electron chi connectivity index (χ3n) is 5.03. The van der Waals surface area contributed by atoms with E-state index in [0.717, 1.165) is 19.3 Å². The summed E-state index contributed by atoms with van der Waals surface area (Å²) in [5, 5.41) is 29.6. The summed E-state index contributed by atoms with van der Waals surface area (Å²) in [6.07, 6.45) is 12.0. The zero-order valence-corrected chi connectivity index (χ0v) is 19.4. The third kappa shape index (κ3) is 19.7. The van der Waals surface area contributed by atoms with Crippen LogP contribution in [0.5, 0.6) is 0 Å². The summed E-state index contributed by atoms with van der Waals surface area (Å²) in [6, 6.07) is 0. The molecule has 10 nitrogen and oxygen atoms in total. The van der Waals surface area contributed by atoms with Gasteiger partial charge in [-0.05, 0) is 6.42 Å². The fraction of sp³-hybridized carbons (Fsp3) is 0.818. The molecule has 0 aromatic rings. The highest BCUT2D eigenvalue weighted by atomic mass is 16.4. The minimum absolute atomic E-state index is 0.0254. The molecule has 0 bridgehead atoms. The van der Waals surface area contributed by atoms with Gasteiger partial charge in [-0.25, -0.2) is 0 Å². The van der Waals surface area contributed by atoms with Crippen LogP contribution in [0, 0.1) is 0 Å². The first-order valence-corrected chi connectivity index (χ1v) is 11.6. The molecule has 0 fully saturated rings. The van der Waals surface area contributed by atoms with Crippen LogP contribution >= 0.6 is 0 Å². The van der Waals surface area contributed by atoms with Gasteiger partial charge in [-0.1, -0.05) is 64.7 Å². The van der Waals surface area contributed by atoms with Gasteiger partial charge in [0.25, 0.3) is 0 Å². The molecule has 0 aromatic carbocycles. The van der Waals surface area contributed by atoms with Gasteiger partial charge in [0.2, 0.25) is 5.91 Å². The summed E-state index contributed by atoms with van der Waals surface area (Å²) in [6.45, 7) is 1.35. The predicted octanol–water partition coefficient (Wildman–Crippen LogP) is 1.88. The number of hydrogen-bond acceptors (Lipinski definition) is 6. The van der Waals surface area contributed by atoms with E-state index in [1.54, 1.807) is 0 Å². The third-order valence-corrected chi connectivity index (χ3v) is 5.03. The first-order chi connectivity index (χ1) is 15.2. The normalized spacial score (nSPS) is 11.1. The SMILES string of the molecule is CCCCCCCCCCCCNC(=O)CN(CCN(CC(=O)O)CC(=O)O)CC(=O)O. The lowest BCUT2D eigenvalue weighted by Gasteiger charge is -2.24. The van der Waals surface area contributed by atoms with Crippen LogP contribution in [0.4, 0.5) is 0 Å². The fourth-order valence-corrected chi connectivity index (χ4v) is 3.38. The summed E-state index contributed by atoms with van der Waals surface area (Å²) in [5.74, 6) is -3.77. The summed E-state index contributed by atoms with van der Waals surface area (Å²) in [7, 11) is 0. The van der Waals surface area contributed by atoms with Crippen LogP contribution < -0.4 is 5.32 Å².